The molecule has 0 aliphatic heterocycles. The molecule has 0 spiro atoms. The van der Waals surface area contributed by atoms with Crippen LogP contribution in [0, 0.1) is 0 Å². The minimum atomic E-state index is -0.208. The van der Waals surface area contributed by atoms with E-state index < -0.39 is 0 Å². The van der Waals surface area contributed by atoms with E-state index in [-0.39, 0.29) is 18.3 Å². The summed E-state index contributed by atoms with van der Waals surface area (Å²) in [6.07, 6.45) is 3.57. The fourth-order valence-electron chi connectivity index (χ4n) is 4.61. The second-order valence-corrected chi connectivity index (χ2v) is 9.46. The molecule has 40 heavy (non-hydrogen) atoms. The Morgan fingerprint density at radius 2 is 1.45 bits per heavy atom. The van der Waals surface area contributed by atoms with Gasteiger partial charge in [-0.3, -0.25) is 9.78 Å². The standard InChI is InChI=1S/C26H21N3O.C7H10N2.ClH/c27-23-12-6-4-11-21(23)26(30)28-19-14-15-25-22(16-19)20-10-5-7-13-24(20)29(25)17-18-8-2-1-3-9-18;1-9(2)7-3-5-8-6-4-7;/h1-16H,17,27H2,(H,28,30);3-6H,1-2H3;1H. The summed E-state index contributed by atoms with van der Waals surface area (Å²) in [7, 11) is 4.02. The van der Waals surface area contributed by atoms with Gasteiger partial charge in [0.05, 0.1) is 5.56 Å². The average molecular weight is 550 g/mol. The smallest absolute Gasteiger partial charge is 0.257 e. The minimum Gasteiger partial charge on any atom is -0.398 e. The number of nitrogen functional groups attached to an aromatic ring is 1. The van der Waals surface area contributed by atoms with Gasteiger partial charge >= 0.3 is 0 Å². The Hall–Kier alpha value is -4.81. The van der Waals surface area contributed by atoms with Crippen molar-refractivity contribution in [2.75, 3.05) is 30.0 Å². The highest BCUT2D eigenvalue weighted by Gasteiger charge is 2.13. The summed E-state index contributed by atoms with van der Waals surface area (Å²) in [4.78, 5) is 18.6. The zero-order chi connectivity index (χ0) is 27.2. The molecular formula is C33H32ClN5O. The molecule has 2 aromatic heterocycles. The van der Waals surface area contributed by atoms with Gasteiger partial charge in [-0.25, -0.2) is 0 Å². The molecule has 6 nitrogen and oxygen atoms in total. The van der Waals surface area contributed by atoms with Gasteiger partial charge < -0.3 is 20.5 Å². The van der Waals surface area contributed by atoms with E-state index in [9.17, 15) is 4.79 Å². The first kappa shape index (κ1) is 28.2. The maximum atomic E-state index is 12.7. The molecule has 0 radical (unpaired) electrons. The lowest BCUT2D eigenvalue weighted by Crippen LogP contribution is -2.13. The van der Waals surface area contributed by atoms with Crippen LogP contribution in [0.3, 0.4) is 0 Å². The highest BCUT2D eigenvalue weighted by molar-refractivity contribution is 6.12. The maximum absolute atomic E-state index is 12.7. The predicted octanol–water partition coefficient (Wildman–Crippen LogP) is 7.25. The molecule has 0 fully saturated rings. The van der Waals surface area contributed by atoms with Crippen LogP contribution in [-0.4, -0.2) is 29.6 Å². The Bertz CT molecular complexity index is 1720. The Kier molecular flexibility index (Phi) is 9.04. The monoisotopic (exact) mass is 549 g/mol. The summed E-state index contributed by atoms with van der Waals surface area (Å²) in [5.74, 6) is -0.208. The van der Waals surface area contributed by atoms with E-state index in [1.165, 1.54) is 22.2 Å². The third kappa shape index (κ3) is 6.25. The molecule has 4 aromatic carbocycles. The van der Waals surface area contributed by atoms with Crippen LogP contribution in [0.2, 0.25) is 0 Å². The van der Waals surface area contributed by atoms with Crippen molar-refractivity contribution in [2.45, 2.75) is 6.54 Å². The molecule has 0 saturated heterocycles. The largest absolute Gasteiger partial charge is 0.398 e. The predicted molar refractivity (Wildman–Crippen MR) is 170 cm³/mol. The third-order valence-corrected chi connectivity index (χ3v) is 6.60. The number of hydrogen-bond donors (Lipinski definition) is 2. The van der Waals surface area contributed by atoms with Crippen LogP contribution >= 0.6 is 12.4 Å². The summed E-state index contributed by atoms with van der Waals surface area (Å²) in [5.41, 5.74) is 12.4. The van der Waals surface area contributed by atoms with Crippen molar-refractivity contribution in [1.82, 2.24) is 9.55 Å². The van der Waals surface area contributed by atoms with Crippen molar-refractivity contribution in [2.24, 2.45) is 0 Å². The highest BCUT2D eigenvalue weighted by atomic mass is 35.5. The van der Waals surface area contributed by atoms with E-state index in [0.717, 1.165) is 23.1 Å². The number of benzene rings is 4. The number of halogens is 1. The van der Waals surface area contributed by atoms with Crippen molar-refractivity contribution in [1.29, 1.82) is 0 Å². The number of para-hydroxylation sites is 2. The van der Waals surface area contributed by atoms with Crippen molar-refractivity contribution in [3.05, 3.63) is 133 Å². The van der Waals surface area contributed by atoms with E-state index in [1.807, 2.05) is 67.5 Å². The lowest BCUT2D eigenvalue weighted by atomic mass is 10.1. The van der Waals surface area contributed by atoms with Gasteiger partial charge in [0.25, 0.3) is 5.91 Å². The first-order chi connectivity index (χ1) is 19.0. The molecular weight excluding hydrogens is 518 g/mol. The molecule has 202 valence electrons. The molecule has 0 aliphatic carbocycles. The van der Waals surface area contributed by atoms with Crippen molar-refractivity contribution >= 4 is 57.2 Å². The number of rotatable bonds is 5. The SMILES string of the molecule is CN(C)c1ccncc1.Cl.Nc1ccccc1C(=O)Nc1ccc2c(c1)c1ccccc1n2Cc1ccccc1. The van der Waals surface area contributed by atoms with Crippen LogP contribution in [0.15, 0.2) is 122 Å². The van der Waals surface area contributed by atoms with E-state index in [0.29, 0.717) is 11.3 Å². The van der Waals surface area contributed by atoms with Crippen LogP contribution in [0.4, 0.5) is 17.1 Å². The van der Waals surface area contributed by atoms with Gasteiger partial charge in [-0.15, -0.1) is 12.4 Å². The second kappa shape index (κ2) is 12.8. The second-order valence-electron chi connectivity index (χ2n) is 9.46. The van der Waals surface area contributed by atoms with Gasteiger partial charge in [-0.05, 0) is 54.1 Å². The topological polar surface area (TPSA) is 76.2 Å². The quantitative estimate of drug-likeness (QED) is 0.222. The van der Waals surface area contributed by atoms with Crippen molar-refractivity contribution in [3.63, 3.8) is 0 Å². The first-order valence-corrected chi connectivity index (χ1v) is 12.8. The van der Waals surface area contributed by atoms with Crippen LogP contribution < -0.4 is 16.0 Å². The number of nitrogens with one attached hydrogen (secondary N) is 1. The number of anilines is 3. The number of pyridine rings is 1. The Balaban J connectivity index is 0.000000317. The number of aromatic nitrogens is 2. The van der Waals surface area contributed by atoms with Crippen molar-refractivity contribution < 1.29 is 4.79 Å². The number of carbonyl (C=O) groups is 1. The summed E-state index contributed by atoms with van der Waals surface area (Å²) in [6.45, 7) is 0.789. The summed E-state index contributed by atoms with van der Waals surface area (Å²) < 4.78 is 2.32. The third-order valence-electron chi connectivity index (χ3n) is 6.60. The van der Waals surface area contributed by atoms with Crippen LogP contribution in [0.5, 0.6) is 0 Å². The lowest BCUT2D eigenvalue weighted by Gasteiger charge is -2.10. The fourth-order valence-corrected chi connectivity index (χ4v) is 4.61. The molecule has 0 aliphatic rings. The van der Waals surface area contributed by atoms with Gasteiger partial charge in [0.1, 0.15) is 0 Å². The molecule has 0 atom stereocenters. The Morgan fingerprint density at radius 3 is 2.15 bits per heavy atom. The van der Waals surface area contributed by atoms with Gasteiger partial charge in [-0.1, -0.05) is 60.7 Å². The molecule has 3 N–H and O–H groups in total. The van der Waals surface area contributed by atoms with Crippen LogP contribution in [-0.2, 0) is 6.54 Å². The van der Waals surface area contributed by atoms with E-state index in [1.54, 1.807) is 24.5 Å². The van der Waals surface area contributed by atoms with Gasteiger partial charge in [-0.2, -0.15) is 0 Å². The number of carbonyl (C=O) groups excluding carboxylic acids is 1. The zero-order valence-electron chi connectivity index (χ0n) is 22.5. The summed E-state index contributed by atoms with van der Waals surface area (Å²) in [6, 6.07) is 35.9. The zero-order valence-corrected chi connectivity index (χ0v) is 23.3. The minimum absolute atomic E-state index is 0. The van der Waals surface area contributed by atoms with Gasteiger partial charge in [0.2, 0.25) is 0 Å². The number of hydrogen-bond acceptors (Lipinski definition) is 4. The number of nitrogens with two attached hydrogens (primary N) is 1. The molecule has 0 unspecified atom stereocenters. The molecule has 0 bridgehead atoms. The maximum Gasteiger partial charge on any atom is 0.257 e. The van der Waals surface area contributed by atoms with E-state index in [4.69, 9.17) is 5.73 Å². The number of fused-ring (bicyclic) bond motifs is 3. The first-order valence-electron chi connectivity index (χ1n) is 12.8. The van der Waals surface area contributed by atoms with Gasteiger partial charge in [0, 0.05) is 71.9 Å². The number of nitrogens with zero attached hydrogens (tertiary/aromatic N) is 3. The average Bonchev–Trinajstić information content (AvgIpc) is 3.27. The highest BCUT2D eigenvalue weighted by Crippen LogP contribution is 2.32. The van der Waals surface area contributed by atoms with Crippen molar-refractivity contribution in [3.8, 4) is 0 Å². The molecule has 6 aromatic rings. The summed E-state index contributed by atoms with van der Waals surface area (Å²) in [5, 5.41) is 5.26. The molecule has 0 saturated carbocycles. The van der Waals surface area contributed by atoms with Gasteiger partial charge in [0.15, 0.2) is 0 Å². The normalized spacial score (nSPS) is 10.3. The number of amides is 1. The lowest BCUT2D eigenvalue weighted by molar-refractivity contribution is 0.102. The van der Waals surface area contributed by atoms with E-state index >= 15 is 0 Å². The Morgan fingerprint density at radius 1 is 0.800 bits per heavy atom. The molecule has 6 rings (SSSR count). The Labute approximate surface area is 240 Å². The van der Waals surface area contributed by atoms with E-state index in [2.05, 4.69) is 63.4 Å². The van der Waals surface area contributed by atoms with Crippen LogP contribution in [0.1, 0.15) is 15.9 Å². The molecule has 1 amide bonds. The molecule has 2 heterocycles. The fraction of sp³-hybridized carbons (Fsp3) is 0.0909. The summed E-state index contributed by atoms with van der Waals surface area (Å²) >= 11 is 0. The van der Waals surface area contributed by atoms with Crippen LogP contribution in [0.25, 0.3) is 21.8 Å². The molecule has 7 heteroatoms.